The van der Waals surface area contributed by atoms with Gasteiger partial charge in [-0.25, -0.2) is 0 Å². The summed E-state index contributed by atoms with van der Waals surface area (Å²) in [5.41, 5.74) is 5.05. The summed E-state index contributed by atoms with van der Waals surface area (Å²) < 4.78 is 5.15. The molecule has 0 amide bonds. The third-order valence-electron chi connectivity index (χ3n) is 4.04. The fourth-order valence-corrected chi connectivity index (χ4v) is 3.19. The lowest BCUT2D eigenvalue weighted by atomic mass is 9.38. The quantitative estimate of drug-likeness (QED) is 0.577. The number of rotatable bonds is 3. The van der Waals surface area contributed by atoms with Gasteiger partial charge in [-0.15, -0.1) is 0 Å². The van der Waals surface area contributed by atoms with Crippen LogP contribution in [0.15, 0.2) is 24.3 Å². The zero-order valence-electron chi connectivity index (χ0n) is 8.92. The Kier molecular flexibility index (Phi) is 1.68. The van der Waals surface area contributed by atoms with Crippen molar-refractivity contribution in [3.8, 4) is 5.75 Å². The van der Waals surface area contributed by atoms with Gasteiger partial charge >= 0.3 is 0 Å². The van der Waals surface area contributed by atoms with Crippen LogP contribution in [-0.2, 0) is 5.41 Å². The maximum absolute atomic E-state index is 5.52. The van der Waals surface area contributed by atoms with Gasteiger partial charge in [-0.1, -0.05) is 12.1 Å². The van der Waals surface area contributed by atoms with Gasteiger partial charge in [-0.05, 0) is 37.0 Å². The maximum Gasteiger partial charge on any atom is 0.118 e. The number of nitrogens with two attached hydrogens (primary N) is 1. The molecule has 1 aromatic carbocycles. The van der Waals surface area contributed by atoms with Gasteiger partial charge in [-0.2, -0.15) is 0 Å². The van der Waals surface area contributed by atoms with Crippen LogP contribution in [0, 0.1) is 0 Å². The first kappa shape index (κ1) is 9.19. The van der Waals surface area contributed by atoms with Gasteiger partial charge in [0.2, 0.25) is 0 Å². The maximum atomic E-state index is 5.52. The summed E-state index contributed by atoms with van der Waals surface area (Å²) in [6, 6.07) is 8.44. The fourth-order valence-electron chi connectivity index (χ4n) is 3.19. The van der Waals surface area contributed by atoms with E-state index in [1.54, 1.807) is 7.11 Å². The Bertz CT molecular complexity index is 365. The first-order chi connectivity index (χ1) is 7.22. The zero-order valence-corrected chi connectivity index (χ0v) is 8.92. The Balaban J connectivity index is 1.79. The van der Waals surface area contributed by atoms with Crippen LogP contribution < -0.4 is 16.0 Å². The van der Waals surface area contributed by atoms with Crippen molar-refractivity contribution in [3.63, 3.8) is 0 Å². The largest absolute Gasteiger partial charge is 0.497 e. The van der Waals surface area contributed by atoms with Gasteiger partial charge in [0.25, 0.3) is 0 Å². The lowest BCUT2D eigenvalue weighted by Gasteiger charge is -2.70. The minimum Gasteiger partial charge on any atom is -0.497 e. The Labute approximate surface area is 89.6 Å². The summed E-state index contributed by atoms with van der Waals surface area (Å²) in [5, 5.41) is 0. The third-order valence-corrected chi connectivity index (χ3v) is 4.04. The van der Waals surface area contributed by atoms with E-state index in [2.05, 4.69) is 17.6 Å². The summed E-state index contributed by atoms with van der Waals surface area (Å²) in [5.74, 6) is 6.45. The molecule has 0 saturated heterocycles. The second-order valence-electron chi connectivity index (χ2n) is 4.96. The average Bonchev–Trinajstić information content (AvgIpc) is 2.16. The molecule has 0 unspecified atom stereocenters. The Morgan fingerprint density at radius 1 is 1.20 bits per heavy atom. The van der Waals surface area contributed by atoms with E-state index in [0.717, 1.165) is 5.75 Å². The van der Waals surface area contributed by atoms with E-state index in [9.17, 15) is 0 Å². The molecule has 15 heavy (non-hydrogen) atoms. The molecule has 3 N–H and O–H groups in total. The van der Waals surface area contributed by atoms with Crippen LogP contribution >= 0.6 is 0 Å². The number of hydrazine groups is 1. The van der Waals surface area contributed by atoms with Crippen LogP contribution in [0.3, 0.4) is 0 Å². The van der Waals surface area contributed by atoms with E-state index in [-0.39, 0.29) is 5.54 Å². The van der Waals surface area contributed by atoms with Gasteiger partial charge in [0.15, 0.2) is 0 Å². The molecular weight excluding hydrogens is 188 g/mol. The van der Waals surface area contributed by atoms with Crippen LogP contribution in [0.1, 0.15) is 24.8 Å². The molecule has 3 aliphatic rings. The normalized spacial score (nSPS) is 36.7. The van der Waals surface area contributed by atoms with Gasteiger partial charge < -0.3 is 4.74 Å². The molecule has 3 saturated carbocycles. The molecule has 0 spiro atoms. The number of ether oxygens (including phenoxy) is 1. The highest BCUT2D eigenvalue weighted by atomic mass is 16.5. The second kappa shape index (κ2) is 2.74. The van der Waals surface area contributed by atoms with Gasteiger partial charge in [0, 0.05) is 11.0 Å². The summed E-state index contributed by atoms with van der Waals surface area (Å²) in [6.45, 7) is 0. The van der Waals surface area contributed by atoms with Gasteiger partial charge in [0.05, 0.1) is 7.11 Å². The highest BCUT2D eigenvalue weighted by Crippen LogP contribution is 2.67. The van der Waals surface area contributed by atoms with E-state index >= 15 is 0 Å². The van der Waals surface area contributed by atoms with Crippen molar-refractivity contribution in [2.24, 2.45) is 5.84 Å². The topological polar surface area (TPSA) is 47.3 Å². The number of hydrogen-bond donors (Lipinski definition) is 2. The highest BCUT2D eigenvalue weighted by Gasteiger charge is 2.67. The fraction of sp³-hybridized carbons (Fsp3) is 0.500. The molecule has 0 aliphatic heterocycles. The predicted molar refractivity (Wildman–Crippen MR) is 58.6 cm³/mol. The summed E-state index contributed by atoms with van der Waals surface area (Å²) in [6.07, 6.45) is 3.55. The molecule has 0 atom stereocenters. The lowest BCUT2D eigenvalue weighted by Crippen LogP contribution is -2.77. The standard InChI is InChI=1S/C12H16N2O/c1-15-10-4-2-9(3-5-10)11-6-12(7-11,8-11)14-13/h2-5,14H,6-8,13H2,1H3. The lowest BCUT2D eigenvalue weighted by molar-refractivity contribution is -0.0882. The first-order valence-corrected chi connectivity index (χ1v) is 5.34. The van der Waals surface area contributed by atoms with Crippen molar-refractivity contribution < 1.29 is 4.74 Å². The van der Waals surface area contributed by atoms with Crippen molar-refractivity contribution in [1.29, 1.82) is 0 Å². The molecule has 3 nitrogen and oxygen atoms in total. The molecule has 3 aliphatic carbocycles. The molecule has 80 valence electrons. The predicted octanol–water partition coefficient (Wildman–Crippen LogP) is 1.33. The van der Waals surface area contributed by atoms with Crippen LogP contribution in [0.5, 0.6) is 5.75 Å². The molecular formula is C12H16N2O. The highest BCUT2D eigenvalue weighted by molar-refractivity contribution is 5.43. The minimum absolute atomic E-state index is 0.264. The molecule has 0 aromatic heterocycles. The van der Waals surface area contributed by atoms with Crippen molar-refractivity contribution in [1.82, 2.24) is 5.43 Å². The Morgan fingerprint density at radius 2 is 1.80 bits per heavy atom. The summed E-state index contributed by atoms with van der Waals surface area (Å²) >= 11 is 0. The van der Waals surface area contributed by atoms with E-state index < -0.39 is 0 Å². The van der Waals surface area contributed by atoms with E-state index in [1.807, 2.05) is 12.1 Å². The molecule has 0 heterocycles. The van der Waals surface area contributed by atoms with Crippen molar-refractivity contribution in [2.45, 2.75) is 30.2 Å². The number of benzene rings is 1. The zero-order chi connectivity index (χ0) is 10.5. The number of methoxy groups -OCH3 is 1. The van der Waals surface area contributed by atoms with Gasteiger partial charge in [0.1, 0.15) is 5.75 Å². The van der Waals surface area contributed by atoms with Crippen LogP contribution in [0.4, 0.5) is 0 Å². The molecule has 3 heteroatoms. The van der Waals surface area contributed by atoms with E-state index in [4.69, 9.17) is 10.6 Å². The Morgan fingerprint density at radius 3 is 2.27 bits per heavy atom. The number of nitrogens with one attached hydrogen (secondary N) is 1. The van der Waals surface area contributed by atoms with Crippen molar-refractivity contribution in [2.75, 3.05) is 7.11 Å². The van der Waals surface area contributed by atoms with E-state index in [1.165, 1.54) is 24.8 Å². The Hall–Kier alpha value is -1.06. The van der Waals surface area contributed by atoms with Crippen LogP contribution in [0.2, 0.25) is 0 Å². The molecule has 0 radical (unpaired) electrons. The molecule has 1 aromatic rings. The summed E-state index contributed by atoms with van der Waals surface area (Å²) in [4.78, 5) is 0. The minimum atomic E-state index is 0.264. The van der Waals surface area contributed by atoms with Crippen molar-refractivity contribution >= 4 is 0 Å². The van der Waals surface area contributed by atoms with Crippen LogP contribution in [0.25, 0.3) is 0 Å². The SMILES string of the molecule is COc1ccc(C23CC(NN)(C2)C3)cc1. The van der Waals surface area contributed by atoms with Crippen LogP contribution in [-0.4, -0.2) is 12.6 Å². The molecule has 3 fully saturated rings. The monoisotopic (exact) mass is 204 g/mol. The molecule has 2 bridgehead atoms. The number of hydrogen-bond acceptors (Lipinski definition) is 3. The smallest absolute Gasteiger partial charge is 0.118 e. The first-order valence-electron chi connectivity index (χ1n) is 5.34. The average molecular weight is 204 g/mol. The second-order valence-corrected chi connectivity index (χ2v) is 4.96. The molecule has 4 rings (SSSR count). The third kappa shape index (κ3) is 1.08. The van der Waals surface area contributed by atoms with Crippen molar-refractivity contribution in [3.05, 3.63) is 29.8 Å². The summed E-state index contributed by atoms with van der Waals surface area (Å²) in [7, 11) is 1.70. The van der Waals surface area contributed by atoms with E-state index in [0.29, 0.717) is 5.41 Å². The van der Waals surface area contributed by atoms with Gasteiger partial charge in [-0.3, -0.25) is 11.3 Å².